The van der Waals surface area contributed by atoms with E-state index in [-0.39, 0.29) is 17.1 Å². The number of nitrogens with zero attached hydrogens (tertiary/aromatic N) is 6. The van der Waals surface area contributed by atoms with E-state index >= 15 is 0 Å². The quantitative estimate of drug-likeness (QED) is 0.733. The molecule has 0 aliphatic carbocycles. The Morgan fingerprint density at radius 2 is 2.21 bits per heavy atom. The molecule has 0 radical (unpaired) electrons. The van der Waals surface area contributed by atoms with E-state index in [9.17, 15) is 4.79 Å². The highest BCUT2D eigenvalue weighted by atomic mass is 16.5. The highest BCUT2D eigenvalue weighted by Gasteiger charge is 2.34. The van der Waals surface area contributed by atoms with Gasteiger partial charge in [-0.15, -0.1) is 0 Å². The number of hydrogen-bond donors (Lipinski definition) is 2. The third kappa shape index (κ3) is 3.03. The van der Waals surface area contributed by atoms with Crippen molar-refractivity contribution in [2.45, 2.75) is 26.8 Å². The molecule has 1 amide bonds. The zero-order valence-corrected chi connectivity index (χ0v) is 13.8. The van der Waals surface area contributed by atoms with Gasteiger partial charge in [0, 0.05) is 13.2 Å². The van der Waals surface area contributed by atoms with Crippen molar-refractivity contribution < 1.29 is 9.32 Å². The van der Waals surface area contributed by atoms with Crippen LogP contribution in [0, 0.1) is 5.41 Å². The number of carbonyl (C=O) groups is 1. The van der Waals surface area contributed by atoms with Crippen molar-refractivity contribution in [3.63, 3.8) is 0 Å². The van der Waals surface area contributed by atoms with Gasteiger partial charge in [0.15, 0.2) is 5.82 Å². The highest BCUT2D eigenvalue weighted by molar-refractivity contribution is 5.92. The third-order valence-electron chi connectivity index (χ3n) is 3.51. The molecule has 3 aromatic rings. The number of aromatic amines is 1. The molecule has 0 saturated carbocycles. The van der Waals surface area contributed by atoms with E-state index in [0.717, 1.165) is 0 Å². The highest BCUT2D eigenvalue weighted by Crippen LogP contribution is 2.32. The summed E-state index contributed by atoms with van der Waals surface area (Å²) in [7, 11) is 1.70. The maximum Gasteiger partial charge on any atom is 0.270 e. The van der Waals surface area contributed by atoms with Gasteiger partial charge in [0.05, 0.1) is 0 Å². The van der Waals surface area contributed by atoms with Crippen LogP contribution in [-0.2, 0) is 7.05 Å². The van der Waals surface area contributed by atoms with E-state index in [4.69, 9.17) is 4.52 Å². The minimum Gasteiger partial charge on any atom is -0.338 e. The first-order valence-corrected chi connectivity index (χ1v) is 7.34. The topological polar surface area (TPSA) is 127 Å². The van der Waals surface area contributed by atoms with Gasteiger partial charge in [0.2, 0.25) is 11.7 Å². The molecule has 10 nitrogen and oxygen atoms in total. The van der Waals surface area contributed by atoms with Gasteiger partial charge in [-0.05, 0) is 11.5 Å². The number of H-pyrrole nitrogens is 1. The van der Waals surface area contributed by atoms with E-state index in [0.29, 0.717) is 17.4 Å². The fourth-order valence-corrected chi connectivity index (χ4v) is 2.21. The average Bonchev–Trinajstić information content (AvgIpc) is 3.23. The van der Waals surface area contributed by atoms with Crippen molar-refractivity contribution in [2.24, 2.45) is 12.5 Å². The average molecular weight is 330 g/mol. The molecular formula is C14H18N8O2. The zero-order chi connectivity index (χ0) is 17.3. The van der Waals surface area contributed by atoms with E-state index in [1.54, 1.807) is 19.3 Å². The molecule has 0 spiro atoms. The standard InChI is InChI=1S/C14H18N8O2/c1-14(2,3)9(18-12(23)8-5-6-17-22(8)4)13-19-11(21-24-13)10-15-7-16-20-10/h5-7,9H,1-4H3,(H,18,23)(H,15,16,20)/t9-/m1/s1. The summed E-state index contributed by atoms with van der Waals surface area (Å²) in [6.07, 6.45) is 2.92. The van der Waals surface area contributed by atoms with Crippen LogP contribution in [0.15, 0.2) is 23.1 Å². The second kappa shape index (κ2) is 5.87. The largest absolute Gasteiger partial charge is 0.338 e. The summed E-state index contributed by atoms with van der Waals surface area (Å²) in [5.41, 5.74) is 0.0960. The normalized spacial score (nSPS) is 13.0. The van der Waals surface area contributed by atoms with Gasteiger partial charge in [0.25, 0.3) is 5.91 Å². The number of aryl methyl sites for hydroxylation is 1. The molecule has 0 bridgehead atoms. The Morgan fingerprint density at radius 1 is 1.42 bits per heavy atom. The van der Waals surface area contributed by atoms with Crippen LogP contribution in [0.2, 0.25) is 0 Å². The second-order valence-corrected chi connectivity index (χ2v) is 6.40. The lowest BCUT2D eigenvalue weighted by Gasteiger charge is -2.28. The number of nitrogens with one attached hydrogen (secondary N) is 2. The number of aromatic nitrogens is 7. The van der Waals surface area contributed by atoms with E-state index in [1.807, 2.05) is 20.8 Å². The van der Waals surface area contributed by atoms with Gasteiger partial charge in [-0.2, -0.15) is 15.2 Å². The first-order valence-electron chi connectivity index (χ1n) is 7.34. The van der Waals surface area contributed by atoms with Crippen molar-refractivity contribution in [3.05, 3.63) is 30.2 Å². The molecule has 0 fully saturated rings. The summed E-state index contributed by atoms with van der Waals surface area (Å²) < 4.78 is 6.84. The Labute approximate surface area is 137 Å². The minimum absolute atomic E-state index is 0.269. The summed E-state index contributed by atoms with van der Waals surface area (Å²) in [5, 5.41) is 17.3. The lowest BCUT2D eigenvalue weighted by Crippen LogP contribution is -2.37. The molecule has 0 aromatic carbocycles. The Bertz CT molecular complexity index is 827. The number of rotatable bonds is 4. The van der Waals surface area contributed by atoms with Crippen molar-refractivity contribution in [1.29, 1.82) is 0 Å². The summed E-state index contributed by atoms with van der Waals surface area (Å²) in [4.78, 5) is 20.8. The molecule has 0 saturated heterocycles. The lowest BCUT2D eigenvalue weighted by atomic mass is 9.86. The van der Waals surface area contributed by atoms with E-state index in [2.05, 4.69) is 35.7 Å². The van der Waals surface area contributed by atoms with E-state index < -0.39 is 6.04 Å². The van der Waals surface area contributed by atoms with Crippen LogP contribution in [0.5, 0.6) is 0 Å². The van der Waals surface area contributed by atoms with Gasteiger partial charge in [0.1, 0.15) is 18.1 Å². The fraction of sp³-hybridized carbons (Fsp3) is 0.429. The minimum atomic E-state index is -0.482. The smallest absolute Gasteiger partial charge is 0.270 e. The first kappa shape index (κ1) is 15.8. The maximum absolute atomic E-state index is 12.5. The Morgan fingerprint density at radius 3 is 2.79 bits per heavy atom. The second-order valence-electron chi connectivity index (χ2n) is 6.40. The molecule has 126 valence electrons. The molecule has 3 heterocycles. The van der Waals surface area contributed by atoms with E-state index in [1.165, 1.54) is 11.0 Å². The van der Waals surface area contributed by atoms with Crippen molar-refractivity contribution in [3.8, 4) is 11.6 Å². The monoisotopic (exact) mass is 330 g/mol. The van der Waals surface area contributed by atoms with Crippen LogP contribution in [0.1, 0.15) is 43.2 Å². The number of carbonyl (C=O) groups excluding carboxylic acids is 1. The molecule has 10 heteroatoms. The van der Waals surface area contributed by atoms with Gasteiger partial charge < -0.3 is 9.84 Å². The summed E-state index contributed by atoms with van der Waals surface area (Å²) in [5.74, 6) is 0.709. The fourth-order valence-electron chi connectivity index (χ4n) is 2.21. The van der Waals surface area contributed by atoms with Crippen LogP contribution in [-0.4, -0.2) is 41.0 Å². The van der Waals surface area contributed by atoms with Crippen molar-refractivity contribution in [1.82, 2.24) is 40.4 Å². The van der Waals surface area contributed by atoms with Gasteiger partial charge >= 0.3 is 0 Å². The molecule has 1 atom stereocenters. The van der Waals surface area contributed by atoms with Crippen molar-refractivity contribution in [2.75, 3.05) is 0 Å². The van der Waals surface area contributed by atoms with Gasteiger partial charge in [-0.3, -0.25) is 14.6 Å². The van der Waals surface area contributed by atoms with Crippen LogP contribution < -0.4 is 5.32 Å². The molecule has 24 heavy (non-hydrogen) atoms. The Hall–Kier alpha value is -3.04. The molecule has 0 aliphatic rings. The third-order valence-corrected chi connectivity index (χ3v) is 3.51. The maximum atomic E-state index is 12.5. The molecule has 3 rings (SSSR count). The lowest BCUT2D eigenvalue weighted by molar-refractivity contribution is 0.0871. The van der Waals surface area contributed by atoms with Gasteiger partial charge in [-0.25, -0.2) is 4.98 Å². The summed E-state index contributed by atoms with van der Waals surface area (Å²) in [6, 6.07) is 1.16. The van der Waals surface area contributed by atoms with Crippen LogP contribution >= 0.6 is 0 Å². The van der Waals surface area contributed by atoms with Crippen molar-refractivity contribution >= 4 is 5.91 Å². The van der Waals surface area contributed by atoms with Gasteiger partial charge in [-0.1, -0.05) is 25.9 Å². The summed E-state index contributed by atoms with van der Waals surface area (Å²) in [6.45, 7) is 5.92. The number of amides is 1. The molecular weight excluding hydrogens is 312 g/mol. The Balaban J connectivity index is 1.88. The molecule has 0 unspecified atom stereocenters. The van der Waals surface area contributed by atoms with Crippen LogP contribution in [0.3, 0.4) is 0 Å². The summed E-state index contributed by atoms with van der Waals surface area (Å²) >= 11 is 0. The first-order chi connectivity index (χ1) is 11.4. The predicted octanol–water partition coefficient (Wildman–Crippen LogP) is 1.11. The zero-order valence-electron chi connectivity index (χ0n) is 13.8. The molecule has 2 N–H and O–H groups in total. The SMILES string of the molecule is Cn1nccc1C(=O)N[C@H](c1nc(-c2ncn[nH]2)no1)C(C)(C)C. The number of hydrogen-bond acceptors (Lipinski definition) is 7. The van der Waals surface area contributed by atoms with Crippen LogP contribution in [0.4, 0.5) is 0 Å². The predicted molar refractivity (Wildman–Crippen MR) is 82.5 cm³/mol. The Kier molecular flexibility index (Phi) is 3.87. The molecule has 3 aromatic heterocycles. The molecule has 0 aliphatic heterocycles. The van der Waals surface area contributed by atoms with Crippen LogP contribution in [0.25, 0.3) is 11.6 Å².